The summed E-state index contributed by atoms with van der Waals surface area (Å²) in [6, 6.07) is 27.7. The van der Waals surface area contributed by atoms with E-state index in [1.165, 1.54) is 4.68 Å². The van der Waals surface area contributed by atoms with Crippen molar-refractivity contribution < 1.29 is 9.59 Å². The Morgan fingerprint density at radius 2 is 1.45 bits per heavy atom. The van der Waals surface area contributed by atoms with Gasteiger partial charge < -0.3 is 15.2 Å². The minimum atomic E-state index is -0.904. The van der Waals surface area contributed by atoms with Gasteiger partial charge in [0.1, 0.15) is 11.7 Å². The molecule has 38 heavy (non-hydrogen) atoms. The Kier molecular flexibility index (Phi) is 7.13. The van der Waals surface area contributed by atoms with Gasteiger partial charge in [-0.25, -0.2) is 4.98 Å². The number of amides is 2. The van der Waals surface area contributed by atoms with Crippen molar-refractivity contribution in [1.29, 1.82) is 0 Å². The van der Waals surface area contributed by atoms with Crippen molar-refractivity contribution in [1.82, 2.24) is 24.6 Å². The van der Waals surface area contributed by atoms with Gasteiger partial charge in [-0.15, -0.1) is 0 Å². The Morgan fingerprint density at radius 1 is 0.816 bits per heavy atom. The molecule has 0 radical (unpaired) electrons. The van der Waals surface area contributed by atoms with E-state index in [9.17, 15) is 9.59 Å². The largest absolute Gasteiger partial charge is 0.338 e. The number of rotatable bonds is 8. The van der Waals surface area contributed by atoms with Crippen molar-refractivity contribution in [2.24, 2.45) is 14.1 Å². The highest BCUT2D eigenvalue weighted by Gasteiger charge is 2.33. The number of carbonyl (C=O) groups is 2. The molecule has 2 N–H and O–H groups in total. The molecular weight excluding hydrogens is 476 g/mol. The lowest BCUT2D eigenvalue weighted by atomic mass is 9.84. The number of aromatic nitrogens is 4. The molecule has 1 atom stereocenters. The minimum Gasteiger partial charge on any atom is -0.338 e. The maximum absolute atomic E-state index is 13.9. The number of benzene rings is 3. The van der Waals surface area contributed by atoms with Crippen LogP contribution in [0.25, 0.3) is 11.3 Å². The summed E-state index contributed by atoms with van der Waals surface area (Å²) in [4.78, 5) is 31.4. The summed E-state index contributed by atoms with van der Waals surface area (Å²) in [5.41, 5.74) is 4.77. The second-order valence-corrected chi connectivity index (χ2v) is 9.05. The van der Waals surface area contributed by atoms with E-state index in [0.717, 1.165) is 22.4 Å². The molecule has 0 unspecified atom stereocenters. The summed E-state index contributed by atoms with van der Waals surface area (Å²) in [5, 5.41) is 10.1. The summed E-state index contributed by atoms with van der Waals surface area (Å²) in [6.45, 7) is 0. The lowest BCUT2D eigenvalue weighted by Crippen LogP contribution is -2.48. The molecule has 5 aromatic rings. The third kappa shape index (κ3) is 5.24. The van der Waals surface area contributed by atoms with Gasteiger partial charge in [-0.2, -0.15) is 5.10 Å². The van der Waals surface area contributed by atoms with Gasteiger partial charge in [-0.1, -0.05) is 72.8 Å². The van der Waals surface area contributed by atoms with Gasteiger partial charge in [0.15, 0.2) is 0 Å². The molecule has 0 saturated heterocycles. The van der Waals surface area contributed by atoms with Gasteiger partial charge in [0.05, 0.1) is 18.2 Å². The first kappa shape index (κ1) is 24.7. The molecule has 0 spiro atoms. The van der Waals surface area contributed by atoms with Crippen LogP contribution in [0.5, 0.6) is 0 Å². The molecule has 2 aromatic heterocycles. The number of hydrogen-bond donors (Lipinski definition) is 2. The number of nitrogens with one attached hydrogen (secondary N) is 2. The first-order chi connectivity index (χ1) is 18.5. The Hall–Kier alpha value is -4.98. The zero-order chi connectivity index (χ0) is 26.5. The Morgan fingerprint density at radius 3 is 1.97 bits per heavy atom. The second-order valence-electron chi connectivity index (χ2n) is 9.05. The van der Waals surface area contributed by atoms with Crippen molar-refractivity contribution in [2.75, 3.05) is 5.32 Å². The van der Waals surface area contributed by atoms with Crippen LogP contribution >= 0.6 is 0 Å². The molecule has 8 heteroatoms. The van der Waals surface area contributed by atoms with E-state index < -0.39 is 12.0 Å². The molecule has 0 saturated carbocycles. The predicted octanol–water partition coefficient (Wildman–Crippen LogP) is 4.39. The van der Waals surface area contributed by atoms with Crippen LogP contribution in [0.4, 0.5) is 5.69 Å². The number of carbonyl (C=O) groups excluding carboxylic acids is 2. The highest BCUT2D eigenvalue weighted by Crippen LogP contribution is 2.30. The molecule has 0 aliphatic carbocycles. The molecule has 5 rings (SSSR count). The number of aryl methyl sites for hydroxylation is 2. The maximum atomic E-state index is 13.9. The standard InChI is InChI=1S/C30H28N6O2/c1-35-20-31-19-26(35)21-13-15-24(16-14-21)33-30(38)28(34-29(37)25-17-18-32-36(25)2)27(22-9-5-3-6-10-22)23-11-7-4-8-12-23/h3-20,27-28H,1-2H3,(H,33,38)(H,34,37)/t28-/m0/s1. The average Bonchev–Trinajstić information content (AvgIpc) is 3.57. The summed E-state index contributed by atoms with van der Waals surface area (Å²) < 4.78 is 3.42. The predicted molar refractivity (Wildman–Crippen MR) is 146 cm³/mol. The Balaban J connectivity index is 1.49. The smallest absolute Gasteiger partial charge is 0.270 e. The van der Waals surface area contributed by atoms with Gasteiger partial charge >= 0.3 is 0 Å². The monoisotopic (exact) mass is 504 g/mol. The fourth-order valence-corrected chi connectivity index (χ4v) is 4.59. The van der Waals surface area contributed by atoms with E-state index in [1.807, 2.05) is 96.5 Å². The van der Waals surface area contributed by atoms with E-state index in [0.29, 0.717) is 11.4 Å². The first-order valence-corrected chi connectivity index (χ1v) is 12.3. The normalized spacial score (nSPS) is 11.8. The average molecular weight is 505 g/mol. The summed E-state index contributed by atoms with van der Waals surface area (Å²) >= 11 is 0. The quantitative estimate of drug-likeness (QED) is 0.328. The summed E-state index contributed by atoms with van der Waals surface area (Å²) in [7, 11) is 3.63. The lowest BCUT2D eigenvalue weighted by Gasteiger charge is -2.28. The van der Waals surface area contributed by atoms with E-state index in [2.05, 4.69) is 20.7 Å². The zero-order valence-electron chi connectivity index (χ0n) is 21.2. The molecule has 2 heterocycles. The van der Waals surface area contributed by atoms with Gasteiger partial charge in [0, 0.05) is 31.9 Å². The number of nitrogens with zero attached hydrogens (tertiary/aromatic N) is 4. The van der Waals surface area contributed by atoms with Crippen LogP contribution in [0.2, 0.25) is 0 Å². The fraction of sp³-hybridized carbons (Fsp3) is 0.133. The molecule has 2 amide bonds. The Bertz CT molecular complexity index is 1480. The van der Waals surface area contributed by atoms with Crippen LogP contribution in [-0.4, -0.2) is 37.2 Å². The van der Waals surface area contributed by atoms with Crippen molar-refractivity contribution in [3.8, 4) is 11.3 Å². The van der Waals surface area contributed by atoms with Gasteiger partial charge in [0.25, 0.3) is 5.91 Å². The van der Waals surface area contributed by atoms with E-state index >= 15 is 0 Å². The highest BCUT2D eigenvalue weighted by atomic mass is 16.2. The summed E-state index contributed by atoms with van der Waals surface area (Å²) in [5.74, 6) is -1.14. The maximum Gasteiger partial charge on any atom is 0.270 e. The zero-order valence-corrected chi connectivity index (χ0v) is 21.2. The van der Waals surface area contributed by atoms with Gasteiger partial charge in [0.2, 0.25) is 5.91 Å². The first-order valence-electron chi connectivity index (χ1n) is 12.3. The molecule has 190 valence electrons. The van der Waals surface area contributed by atoms with Gasteiger partial charge in [-0.05, 0) is 34.9 Å². The molecule has 0 bridgehead atoms. The fourth-order valence-electron chi connectivity index (χ4n) is 4.59. The lowest BCUT2D eigenvalue weighted by molar-refractivity contribution is -0.118. The minimum absolute atomic E-state index is 0.327. The van der Waals surface area contributed by atoms with Gasteiger partial charge in [-0.3, -0.25) is 14.3 Å². The summed E-state index contributed by atoms with van der Waals surface area (Å²) in [6.07, 6.45) is 5.09. The van der Waals surface area contributed by atoms with E-state index in [4.69, 9.17) is 0 Å². The molecule has 3 aromatic carbocycles. The second kappa shape index (κ2) is 11.0. The molecular formula is C30H28N6O2. The third-order valence-electron chi connectivity index (χ3n) is 6.54. The van der Waals surface area contributed by atoms with Crippen LogP contribution in [0.1, 0.15) is 27.5 Å². The van der Waals surface area contributed by atoms with Crippen molar-refractivity contribution >= 4 is 17.5 Å². The number of anilines is 1. The van der Waals surface area contributed by atoms with Crippen LogP contribution < -0.4 is 10.6 Å². The van der Waals surface area contributed by atoms with E-state index in [-0.39, 0.29) is 11.8 Å². The molecule has 8 nitrogen and oxygen atoms in total. The van der Waals surface area contributed by atoms with Crippen molar-refractivity contribution in [3.63, 3.8) is 0 Å². The molecule has 0 aliphatic heterocycles. The molecule has 0 fully saturated rings. The topological polar surface area (TPSA) is 93.8 Å². The number of imidazole rings is 1. The van der Waals surface area contributed by atoms with Crippen LogP contribution in [0, 0.1) is 0 Å². The SMILES string of the molecule is Cn1cncc1-c1ccc(NC(=O)[C@@H](NC(=O)c2ccnn2C)C(c2ccccc2)c2ccccc2)cc1. The van der Waals surface area contributed by atoms with Crippen LogP contribution in [-0.2, 0) is 18.9 Å². The van der Waals surface area contributed by atoms with Crippen molar-refractivity contribution in [2.45, 2.75) is 12.0 Å². The van der Waals surface area contributed by atoms with Crippen LogP contribution in [0.3, 0.4) is 0 Å². The highest BCUT2D eigenvalue weighted by molar-refractivity contribution is 6.01. The number of hydrogen-bond acceptors (Lipinski definition) is 4. The third-order valence-corrected chi connectivity index (χ3v) is 6.54. The van der Waals surface area contributed by atoms with E-state index in [1.54, 1.807) is 31.8 Å². The van der Waals surface area contributed by atoms with Crippen molar-refractivity contribution in [3.05, 3.63) is 127 Å². The van der Waals surface area contributed by atoms with Crippen LogP contribution in [0.15, 0.2) is 110 Å². The molecule has 0 aliphatic rings. The Labute approximate surface area is 221 Å².